The molecule has 1 atom stereocenters. The van der Waals surface area contributed by atoms with Gasteiger partial charge in [-0.3, -0.25) is 9.78 Å². The Morgan fingerprint density at radius 1 is 1.39 bits per heavy atom. The maximum absolute atomic E-state index is 11.7. The summed E-state index contributed by atoms with van der Waals surface area (Å²) in [5.74, 6) is 1.04. The molecule has 0 bridgehead atoms. The van der Waals surface area contributed by atoms with Crippen LogP contribution in [0.5, 0.6) is 0 Å². The van der Waals surface area contributed by atoms with Gasteiger partial charge in [0.15, 0.2) is 9.84 Å². The predicted octanol–water partition coefficient (Wildman–Crippen LogP) is 1.30. The summed E-state index contributed by atoms with van der Waals surface area (Å²) in [7, 11) is -2.95. The van der Waals surface area contributed by atoms with Gasteiger partial charge in [0.05, 0.1) is 29.5 Å². The maximum Gasteiger partial charge on any atom is 0.216 e. The minimum atomic E-state index is -2.95. The quantitative estimate of drug-likeness (QED) is 0.662. The molecule has 124 valence electrons. The molecule has 2 aromatic rings. The van der Waals surface area contributed by atoms with Crippen molar-refractivity contribution in [2.24, 2.45) is 5.10 Å². The van der Waals surface area contributed by atoms with Gasteiger partial charge < -0.3 is 0 Å². The van der Waals surface area contributed by atoms with E-state index in [0.717, 1.165) is 17.0 Å². The van der Waals surface area contributed by atoms with Crippen LogP contribution >= 0.6 is 12.2 Å². The Morgan fingerprint density at radius 3 is 2.70 bits per heavy atom. The van der Waals surface area contributed by atoms with Gasteiger partial charge in [-0.05, 0) is 39.4 Å². The summed E-state index contributed by atoms with van der Waals surface area (Å²) in [6.07, 6.45) is 2.29. The van der Waals surface area contributed by atoms with Gasteiger partial charge in [0, 0.05) is 11.3 Å². The Kier molecular flexibility index (Phi) is 3.96. The number of hydrogen-bond donors (Lipinski definition) is 1. The first-order chi connectivity index (χ1) is 10.8. The third-order valence-corrected chi connectivity index (χ3v) is 6.06. The summed E-state index contributed by atoms with van der Waals surface area (Å²) in [5, 5.41) is 15.5. The number of nitrogens with one attached hydrogen (secondary N) is 1. The van der Waals surface area contributed by atoms with Crippen molar-refractivity contribution in [3.8, 4) is 0 Å². The Balaban J connectivity index is 1.94. The van der Waals surface area contributed by atoms with Crippen molar-refractivity contribution in [2.45, 2.75) is 33.2 Å². The van der Waals surface area contributed by atoms with E-state index in [-0.39, 0.29) is 17.5 Å². The highest BCUT2D eigenvalue weighted by atomic mass is 32.2. The minimum absolute atomic E-state index is 0.0984. The summed E-state index contributed by atoms with van der Waals surface area (Å²) in [6, 6.07) is -0.0984. The van der Waals surface area contributed by atoms with E-state index in [1.807, 2.05) is 18.5 Å². The molecule has 3 rings (SSSR count). The average Bonchev–Trinajstić information content (AvgIpc) is 3.08. The molecule has 23 heavy (non-hydrogen) atoms. The van der Waals surface area contributed by atoms with Crippen molar-refractivity contribution in [3.63, 3.8) is 0 Å². The average molecular weight is 354 g/mol. The van der Waals surface area contributed by atoms with E-state index in [1.165, 1.54) is 4.68 Å². The van der Waals surface area contributed by atoms with Gasteiger partial charge in [-0.2, -0.15) is 20.0 Å². The number of H-pyrrole nitrogens is 1. The third-order valence-electron chi connectivity index (χ3n) is 4.05. The molecule has 0 radical (unpaired) electrons. The lowest BCUT2D eigenvalue weighted by Crippen LogP contribution is -2.14. The Bertz CT molecular complexity index is 934. The predicted molar refractivity (Wildman–Crippen MR) is 89.1 cm³/mol. The van der Waals surface area contributed by atoms with E-state index in [4.69, 9.17) is 12.2 Å². The molecule has 0 aromatic carbocycles. The van der Waals surface area contributed by atoms with Gasteiger partial charge >= 0.3 is 0 Å². The van der Waals surface area contributed by atoms with E-state index in [2.05, 4.69) is 20.4 Å². The molecule has 0 spiro atoms. The Hall–Kier alpha value is -1.81. The fourth-order valence-corrected chi connectivity index (χ4v) is 4.73. The van der Waals surface area contributed by atoms with Crippen molar-refractivity contribution < 1.29 is 8.42 Å². The monoisotopic (exact) mass is 354 g/mol. The van der Waals surface area contributed by atoms with Gasteiger partial charge in [-0.25, -0.2) is 8.42 Å². The Labute approximate surface area is 139 Å². The van der Waals surface area contributed by atoms with E-state index in [0.29, 0.717) is 17.0 Å². The summed E-state index contributed by atoms with van der Waals surface area (Å²) in [4.78, 5) is 0. The molecule has 1 fully saturated rings. The highest BCUT2D eigenvalue weighted by Gasteiger charge is 2.31. The van der Waals surface area contributed by atoms with E-state index in [1.54, 1.807) is 13.1 Å². The first-order valence-electron chi connectivity index (χ1n) is 7.23. The van der Waals surface area contributed by atoms with Gasteiger partial charge in [0.1, 0.15) is 5.82 Å². The molecule has 1 saturated heterocycles. The molecule has 2 aromatic heterocycles. The molecule has 1 aliphatic rings. The highest BCUT2D eigenvalue weighted by Crippen LogP contribution is 2.26. The van der Waals surface area contributed by atoms with Crippen LogP contribution in [0, 0.1) is 25.5 Å². The second-order valence-electron chi connectivity index (χ2n) is 5.72. The molecule has 3 heterocycles. The van der Waals surface area contributed by atoms with E-state index in [9.17, 15) is 8.42 Å². The smallest absolute Gasteiger partial charge is 0.216 e. The lowest BCUT2D eigenvalue weighted by atomic mass is 10.2. The molecule has 0 amide bonds. The molecule has 8 nitrogen and oxygen atoms in total. The molecule has 1 aliphatic heterocycles. The van der Waals surface area contributed by atoms with Crippen molar-refractivity contribution in [1.82, 2.24) is 24.7 Å². The van der Waals surface area contributed by atoms with Crippen LogP contribution in [-0.2, 0) is 9.84 Å². The molecule has 1 N–H and O–H groups in total. The topological polar surface area (TPSA) is 97.9 Å². The van der Waals surface area contributed by atoms with Crippen LogP contribution in [0.2, 0.25) is 0 Å². The normalized spacial score (nSPS) is 20.6. The molecule has 10 heteroatoms. The van der Waals surface area contributed by atoms with Gasteiger partial charge in [-0.1, -0.05) is 0 Å². The summed E-state index contributed by atoms with van der Waals surface area (Å²) < 4.78 is 27.1. The molecular weight excluding hydrogens is 336 g/mol. The van der Waals surface area contributed by atoms with E-state index < -0.39 is 9.84 Å². The number of hydrogen-bond acceptors (Lipinski definition) is 6. The Morgan fingerprint density at radius 2 is 2.13 bits per heavy atom. The number of nitrogens with zero attached hydrogens (tertiary/aromatic N) is 5. The zero-order valence-corrected chi connectivity index (χ0v) is 14.8. The van der Waals surface area contributed by atoms with E-state index >= 15 is 0 Å². The third kappa shape index (κ3) is 3.00. The number of aromatic amines is 1. The van der Waals surface area contributed by atoms with Gasteiger partial charge in [0.25, 0.3) is 0 Å². The molecule has 0 saturated carbocycles. The second-order valence-corrected chi connectivity index (χ2v) is 8.33. The standard InChI is InChI=1S/C13H18N6O2S2/c1-8-12(6-14-19-10(3)15-16-13(19)22)9(2)18(17-8)11-4-5-23(20,21)7-11/h6,11H,4-5,7H2,1-3H3,(H,16,22)/b14-6-/t11-/m0/s1. The lowest BCUT2D eigenvalue weighted by molar-refractivity contribution is 0.486. The minimum Gasteiger partial charge on any atom is -0.265 e. The summed E-state index contributed by atoms with van der Waals surface area (Å²) >= 11 is 5.12. The zero-order valence-electron chi connectivity index (χ0n) is 13.1. The first kappa shape index (κ1) is 16.1. The molecule has 0 unspecified atom stereocenters. The van der Waals surface area contributed by atoms with Crippen LogP contribution in [0.15, 0.2) is 5.10 Å². The first-order valence-corrected chi connectivity index (χ1v) is 9.46. The number of aromatic nitrogens is 5. The maximum atomic E-state index is 11.7. The highest BCUT2D eigenvalue weighted by molar-refractivity contribution is 7.91. The van der Waals surface area contributed by atoms with Crippen LogP contribution in [-0.4, -0.2) is 50.8 Å². The van der Waals surface area contributed by atoms with Crippen molar-refractivity contribution in [1.29, 1.82) is 0 Å². The van der Waals surface area contributed by atoms with Crippen molar-refractivity contribution >= 4 is 28.3 Å². The second kappa shape index (κ2) is 5.68. The van der Waals surface area contributed by atoms with Crippen LogP contribution in [0.4, 0.5) is 0 Å². The summed E-state index contributed by atoms with van der Waals surface area (Å²) in [6.45, 7) is 5.61. The lowest BCUT2D eigenvalue weighted by Gasteiger charge is -2.10. The number of rotatable bonds is 3. The largest absolute Gasteiger partial charge is 0.265 e. The molecular formula is C13H18N6O2S2. The SMILES string of the molecule is Cc1nn([C@H]2CCS(=O)(=O)C2)c(C)c1/C=N\n1c(C)n[nH]c1=S. The van der Waals surface area contributed by atoms with Crippen LogP contribution in [0.1, 0.15) is 35.2 Å². The summed E-state index contributed by atoms with van der Waals surface area (Å²) in [5.41, 5.74) is 2.58. The van der Waals surface area contributed by atoms with Crippen molar-refractivity contribution in [2.75, 3.05) is 11.5 Å². The van der Waals surface area contributed by atoms with Crippen molar-refractivity contribution in [3.05, 3.63) is 27.5 Å². The zero-order chi connectivity index (χ0) is 16.8. The number of aryl methyl sites for hydroxylation is 2. The van der Waals surface area contributed by atoms with Gasteiger partial charge in [0.2, 0.25) is 4.77 Å². The fraction of sp³-hybridized carbons (Fsp3) is 0.538. The fourth-order valence-electron chi connectivity index (χ4n) is 2.81. The van der Waals surface area contributed by atoms with Gasteiger partial charge in [-0.15, -0.1) is 0 Å². The molecule has 0 aliphatic carbocycles. The van der Waals surface area contributed by atoms with Crippen LogP contribution in [0.3, 0.4) is 0 Å². The number of sulfone groups is 1. The van der Waals surface area contributed by atoms with Crippen LogP contribution < -0.4 is 0 Å². The van der Waals surface area contributed by atoms with Crippen LogP contribution in [0.25, 0.3) is 0 Å².